The molecule has 0 aliphatic heterocycles. The summed E-state index contributed by atoms with van der Waals surface area (Å²) in [5.74, 6) is -0.948. The molecule has 0 bridgehead atoms. The Hall–Kier alpha value is -2.82. The van der Waals surface area contributed by atoms with Crippen molar-refractivity contribution in [3.63, 3.8) is 0 Å². The van der Waals surface area contributed by atoms with Crippen molar-refractivity contribution in [1.29, 1.82) is 0 Å². The molecule has 0 aromatic heterocycles. The van der Waals surface area contributed by atoms with Crippen LogP contribution in [0.3, 0.4) is 0 Å². The predicted octanol–water partition coefficient (Wildman–Crippen LogP) is 3.39. The second-order valence-electron chi connectivity index (χ2n) is 5.53. The number of carbonyl (C=O) groups excluding carboxylic acids is 1. The Morgan fingerprint density at radius 2 is 1.54 bits per heavy atom. The highest BCUT2D eigenvalue weighted by Crippen LogP contribution is 2.08. The number of aliphatic carboxylic acids is 1. The minimum Gasteiger partial charge on any atom is -0.481 e. The van der Waals surface area contributed by atoms with E-state index in [0.29, 0.717) is 12.8 Å². The molecule has 0 saturated carbocycles. The van der Waals surface area contributed by atoms with Gasteiger partial charge in [0.15, 0.2) is 0 Å². The maximum Gasteiger partial charge on any atom is 0.407 e. The van der Waals surface area contributed by atoms with Crippen molar-refractivity contribution in [2.24, 2.45) is 0 Å². The number of rotatable bonds is 8. The number of carboxylic acids is 1. The Bertz CT molecular complexity index is 643. The molecule has 0 saturated heterocycles. The molecular formula is C19H21NO4. The van der Waals surface area contributed by atoms with Gasteiger partial charge >= 0.3 is 12.1 Å². The van der Waals surface area contributed by atoms with E-state index in [1.54, 1.807) is 0 Å². The number of aryl methyl sites for hydroxylation is 1. The molecule has 0 fully saturated rings. The largest absolute Gasteiger partial charge is 0.481 e. The zero-order valence-electron chi connectivity index (χ0n) is 13.4. The average molecular weight is 327 g/mol. The van der Waals surface area contributed by atoms with E-state index in [0.717, 1.165) is 11.1 Å². The van der Waals surface area contributed by atoms with Crippen LogP contribution in [-0.4, -0.2) is 23.2 Å². The van der Waals surface area contributed by atoms with E-state index in [-0.39, 0.29) is 13.0 Å². The highest BCUT2D eigenvalue weighted by molar-refractivity contribution is 5.71. The quantitative estimate of drug-likeness (QED) is 0.779. The number of benzene rings is 2. The summed E-state index contributed by atoms with van der Waals surface area (Å²) in [4.78, 5) is 22.9. The van der Waals surface area contributed by atoms with Crippen LogP contribution in [-0.2, 0) is 22.6 Å². The summed E-state index contributed by atoms with van der Waals surface area (Å²) in [6.45, 7) is 0.158. The van der Waals surface area contributed by atoms with Crippen LogP contribution in [0, 0.1) is 0 Å². The lowest BCUT2D eigenvalue weighted by molar-refractivity contribution is -0.137. The highest BCUT2D eigenvalue weighted by atomic mass is 16.5. The molecule has 126 valence electrons. The fraction of sp³-hybridized carbons (Fsp3) is 0.263. The summed E-state index contributed by atoms with van der Waals surface area (Å²) in [7, 11) is 0. The number of carbonyl (C=O) groups is 2. The van der Waals surface area contributed by atoms with Gasteiger partial charge in [0.25, 0.3) is 0 Å². The molecule has 0 aliphatic carbocycles. The van der Waals surface area contributed by atoms with E-state index in [1.165, 1.54) is 0 Å². The predicted molar refractivity (Wildman–Crippen MR) is 90.6 cm³/mol. The van der Waals surface area contributed by atoms with E-state index in [1.807, 2.05) is 60.7 Å². The normalized spacial score (nSPS) is 11.5. The van der Waals surface area contributed by atoms with Crippen LogP contribution in [0.5, 0.6) is 0 Å². The molecule has 0 spiro atoms. The van der Waals surface area contributed by atoms with Crippen LogP contribution in [0.25, 0.3) is 0 Å². The van der Waals surface area contributed by atoms with E-state index >= 15 is 0 Å². The Kier molecular flexibility index (Phi) is 6.83. The van der Waals surface area contributed by atoms with Crippen LogP contribution in [0.2, 0.25) is 0 Å². The first-order chi connectivity index (χ1) is 11.6. The molecule has 2 N–H and O–H groups in total. The van der Waals surface area contributed by atoms with Crippen molar-refractivity contribution in [2.45, 2.75) is 31.9 Å². The van der Waals surface area contributed by atoms with Crippen molar-refractivity contribution in [3.8, 4) is 0 Å². The summed E-state index contributed by atoms with van der Waals surface area (Å²) < 4.78 is 5.15. The number of amides is 1. The standard InChI is InChI=1S/C19H21NO4/c21-18(22)13-17(12-11-15-7-3-1-4-8-15)20-19(23)24-14-16-9-5-2-6-10-16/h1-10,17H,11-14H2,(H,20,23)(H,21,22). The minimum atomic E-state index is -0.948. The molecule has 5 heteroatoms. The number of carboxylic acid groups (broad SMARTS) is 1. The van der Waals surface area contributed by atoms with Gasteiger partial charge in [0, 0.05) is 6.04 Å². The fourth-order valence-electron chi connectivity index (χ4n) is 2.35. The SMILES string of the molecule is O=C(O)CC(CCc1ccccc1)NC(=O)OCc1ccccc1. The number of nitrogens with one attached hydrogen (secondary N) is 1. The van der Waals surface area contributed by atoms with Crippen LogP contribution >= 0.6 is 0 Å². The van der Waals surface area contributed by atoms with Gasteiger partial charge in [-0.25, -0.2) is 4.79 Å². The molecule has 24 heavy (non-hydrogen) atoms. The van der Waals surface area contributed by atoms with Crippen LogP contribution < -0.4 is 5.32 Å². The van der Waals surface area contributed by atoms with Gasteiger partial charge in [-0.15, -0.1) is 0 Å². The topological polar surface area (TPSA) is 75.6 Å². The van der Waals surface area contributed by atoms with E-state index < -0.39 is 18.1 Å². The molecule has 1 unspecified atom stereocenters. The first-order valence-corrected chi connectivity index (χ1v) is 7.86. The van der Waals surface area contributed by atoms with Crippen LogP contribution in [0.1, 0.15) is 24.0 Å². The monoisotopic (exact) mass is 327 g/mol. The van der Waals surface area contributed by atoms with Crippen molar-refractivity contribution in [3.05, 3.63) is 71.8 Å². The molecule has 0 aliphatic rings. The molecule has 5 nitrogen and oxygen atoms in total. The van der Waals surface area contributed by atoms with Gasteiger partial charge in [0.05, 0.1) is 6.42 Å². The number of hydrogen-bond acceptors (Lipinski definition) is 3. The second kappa shape index (κ2) is 9.35. The molecule has 0 heterocycles. The van der Waals surface area contributed by atoms with E-state index in [2.05, 4.69) is 5.32 Å². The number of ether oxygens (including phenoxy) is 1. The van der Waals surface area contributed by atoms with Gasteiger partial charge < -0.3 is 15.2 Å². The third-order valence-corrected chi connectivity index (χ3v) is 3.58. The van der Waals surface area contributed by atoms with Gasteiger partial charge in [-0.05, 0) is 24.0 Å². The lowest BCUT2D eigenvalue weighted by atomic mass is 10.0. The molecule has 1 amide bonds. The Morgan fingerprint density at radius 1 is 0.958 bits per heavy atom. The van der Waals surface area contributed by atoms with Gasteiger partial charge in [0.2, 0.25) is 0 Å². The lowest BCUT2D eigenvalue weighted by Gasteiger charge is -2.17. The molecule has 0 radical (unpaired) electrons. The van der Waals surface area contributed by atoms with Crippen LogP contribution in [0.15, 0.2) is 60.7 Å². The van der Waals surface area contributed by atoms with Gasteiger partial charge in [-0.1, -0.05) is 60.7 Å². The molecule has 2 aromatic rings. The Morgan fingerprint density at radius 3 is 2.12 bits per heavy atom. The van der Waals surface area contributed by atoms with E-state index in [9.17, 15) is 9.59 Å². The Balaban J connectivity index is 1.83. The lowest BCUT2D eigenvalue weighted by Crippen LogP contribution is -2.37. The summed E-state index contributed by atoms with van der Waals surface area (Å²) in [5.41, 5.74) is 1.99. The number of hydrogen-bond donors (Lipinski definition) is 2. The molecule has 2 aromatic carbocycles. The van der Waals surface area contributed by atoms with Crippen molar-refractivity contribution < 1.29 is 19.4 Å². The third kappa shape index (κ3) is 6.52. The zero-order valence-corrected chi connectivity index (χ0v) is 13.4. The second-order valence-corrected chi connectivity index (χ2v) is 5.53. The smallest absolute Gasteiger partial charge is 0.407 e. The van der Waals surface area contributed by atoms with Crippen molar-refractivity contribution in [1.82, 2.24) is 5.32 Å². The van der Waals surface area contributed by atoms with Crippen molar-refractivity contribution in [2.75, 3.05) is 0 Å². The summed E-state index contributed by atoms with van der Waals surface area (Å²) in [5, 5.41) is 11.7. The number of alkyl carbamates (subject to hydrolysis) is 1. The van der Waals surface area contributed by atoms with Crippen molar-refractivity contribution >= 4 is 12.1 Å². The van der Waals surface area contributed by atoms with Gasteiger partial charge in [-0.2, -0.15) is 0 Å². The van der Waals surface area contributed by atoms with Crippen LogP contribution in [0.4, 0.5) is 4.79 Å². The molecular weight excluding hydrogens is 306 g/mol. The van der Waals surface area contributed by atoms with Gasteiger partial charge in [0.1, 0.15) is 6.61 Å². The molecule has 2 rings (SSSR count). The fourth-order valence-corrected chi connectivity index (χ4v) is 2.35. The average Bonchev–Trinajstić information content (AvgIpc) is 2.59. The Labute approximate surface area is 141 Å². The molecule has 1 atom stereocenters. The maximum atomic E-state index is 11.9. The summed E-state index contributed by atoms with van der Waals surface area (Å²) in [6.07, 6.45) is 0.500. The van der Waals surface area contributed by atoms with Gasteiger partial charge in [-0.3, -0.25) is 4.79 Å². The third-order valence-electron chi connectivity index (χ3n) is 3.58. The van der Waals surface area contributed by atoms with E-state index in [4.69, 9.17) is 9.84 Å². The highest BCUT2D eigenvalue weighted by Gasteiger charge is 2.17. The zero-order chi connectivity index (χ0) is 17.2. The summed E-state index contributed by atoms with van der Waals surface area (Å²) >= 11 is 0. The summed E-state index contributed by atoms with van der Waals surface area (Å²) in [6, 6.07) is 18.6. The maximum absolute atomic E-state index is 11.9. The minimum absolute atomic E-state index is 0.132. The first kappa shape index (κ1) is 17.5. The first-order valence-electron chi connectivity index (χ1n) is 7.86.